The van der Waals surface area contributed by atoms with Gasteiger partial charge >= 0.3 is 0 Å². The SMILES string of the molecule is CC1(C)CC(=O)C2=C(C1)N(CCc1ccccc1)C1=C(C(=O)CC(C)(C)C1)C2c1ccc(OCC(=O)Nc2ccccc2Cl)c(Cl)c1. The van der Waals surface area contributed by atoms with Crippen LogP contribution < -0.4 is 10.1 Å². The second-order valence-corrected chi connectivity index (χ2v) is 15.2. The third kappa shape index (κ3) is 7.05. The van der Waals surface area contributed by atoms with E-state index >= 15 is 0 Å². The number of nitrogens with one attached hydrogen (secondary N) is 1. The Hall–Kier alpha value is -3.87. The van der Waals surface area contributed by atoms with Gasteiger partial charge in [-0.25, -0.2) is 0 Å². The number of rotatable bonds is 8. The van der Waals surface area contributed by atoms with Crippen molar-refractivity contribution in [1.29, 1.82) is 0 Å². The van der Waals surface area contributed by atoms with E-state index in [-0.39, 0.29) is 34.9 Å². The lowest BCUT2D eigenvalue weighted by Gasteiger charge is -2.49. The van der Waals surface area contributed by atoms with E-state index < -0.39 is 5.92 Å². The first-order valence-electron chi connectivity index (χ1n) is 16.1. The Kier molecular flexibility index (Phi) is 9.12. The largest absolute Gasteiger partial charge is 0.482 e. The highest BCUT2D eigenvalue weighted by Gasteiger charge is 2.49. The molecule has 0 aromatic heterocycles. The van der Waals surface area contributed by atoms with Crippen LogP contribution in [0.3, 0.4) is 0 Å². The summed E-state index contributed by atoms with van der Waals surface area (Å²) in [5.74, 6) is -0.418. The van der Waals surface area contributed by atoms with Gasteiger partial charge in [-0.3, -0.25) is 14.4 Å². The van der Waals surface area contributed by atoms with E-state index in [0.717, 1.165) is 36.2 Å². The molecule has 2 aliphatic carbocycles. The number of benzene rings is 3. The maximum atomic E-state index is 14.1. The fourth-order valence-electron chi connectivity index (χ4n) is 7.24. The quantitative estimate of drug-likeness (QED) is 0.259. The number of hydrogen-bond acceptors (Lipinski definition) is 5. The highest BCUT2D eigenvalue weighted by Crippen LogP contribution is 2.54. The molecule has 0 bridgehead atoms. The van der Waals surface area contributed by atoms with Crippen molar-refractivity contribution < 1.29 is 19.1 Å². The summed E-state index contributed by atoms with van der Waals surface area (Å²) in [5, 5.41) is 3.47. The van der Waals surface area contributed by atoms with Gasteiger partial charge in [-0.2, -0.15) is 0 Å². The predicted octanol–water partition coefficient (Wildman–Crippen LogP) is 8.94. The number of ether oxygens (including phenoxy) is 1. The van der Waals surface area contributed by atoms with Gasteiger partial charge in [0.15, 0.2) is 18.2 Å². The first-order valence-corrected chi connectivity index (χ1v) is 16.9. The zero-order valence-corrected chi connectivity index (χ0v) is 28.8. The summed E-state index contributed by atoms with van der Waals surface area (Å²) in [7, 11) is 0. The summed E-state index contributed by atoms with van der Waals surface area (Å²) in [4.78, 5) is 43.2. The van der Waals surface area contributed by atoms with Crippen LogP contribution in [0, 0.1) is 10.8 Å². The van der Waals surface area contributed by atoms with E-state index in [1.807, 2.05) is 24.3 Å². The van der Waals surface area contributed by atoms with Gasteiger partial charge < -0.3 is 15.0 Å². The molecule has 0 spiro atoms. The number of Topliss-reactive ketones (excluding diaryl/α,β-unsaturated/α-hetero) is 2. The maximum Gasteiger partial charge on any atom is 0.262 e. The van der Waals surface area contributed by atoms with E-state index in [4.69, 9.17) is 27.9 Å². The van der Waals surface area contributed by atoms with Crippen molar-refractivity contribution >= 4 is 46.4 Å². The van der Waals surface area contributed by atoms with E-state index in [2.05, 4.69) is 50.0 Å². The number of allylic oxidation sites excluding steroid dienone is 4. The van der Waals surface area contributed by atoms with Crippen LogP contribution in [0.15, 0.2) is 95.3 Å². The Bertz CT molecular complexity index is 1750. The molecular weight excluding hydrogens is 631 g/mol. The number of hydrogen-bond donors (Lipinski definition) is 1. The van der Waals surface area contributed by atoms with E-state index in [1.54, 1.807) is 36.4 Å². The van der Waals surface area contributed by atoms with Crippen LogP contribution in [0.2, 0.25) is 10.0 Å². The Morgan fingerprint density at radius 1 is 0.809 bits per heavy atom. The average molecular weight is 672 g/mol. The van der Waals surface area contributed by atoms with Gasteiger partial charge in [0, 0.05) is 47.8 Å². The molecule has 3 aromatic carbocycles. The van der Waals surface area contributed by atoms with Crippen LogP contribution in [0.25, 0.3) is 0 Å². The Morgan fingerprint density at radius 3 is 2.00 bits per heavy atom. The van der Waals surface area contributed by atoms with Gasteiger partial charge in [-0.1, -0.05) is 99.4 Å². The number of carbonyl (C=O) groups is 3. The van der Waals surface area contributed by atoms with Crippen LogP contribution in [0.1, 0.15) is 70.4 Å². The van der Waals surface area contributed by atoms with Crippen LogP contribution in [-0.4, -0.2) is 35.5 Å². The number of ketones is 2. The Balaban J connectivity index is 1.36. The molecule has 0 saturated heterocycles. The molecule has 244 valence electrons. The number of halogens is 2. The Labute approximate surface area is 286 Å². The van der Waals surface area contributed by atoms with Crippen LogP contribution in [-0.2, 0) is 20.8 Å². The van der Waals surface area contributed by atoms with Gasteiger partial charge in [0.2, 0.25) is 0 Å². The van der Waals surface area contributed by atoms with Gasteiger partial charge in [-0.15, -0.1) is 0 Å². The smallest absolute Gasteiger partial charge is 0.262 e. The monoisotopic (exact) mass is 670 g/mol. The maximum absolute atomic E-state index is 14.1. The topological polar surface area (TPSA) is 75.7 Å². The summed E-state index contributed by atoms with van der Waals surface area (Å²) >= 11 is 13.0. The molecule has 3 aliphatic rings. The van der Waals surface area contributed by atoms with Gasteiger partial charge in [0.25, 0.3) is 5.91 Å². The summed E-state index contributed by atoms with van der Waals surface area (Å²) in [6, 6.07) is 22.7. The zero-order chi connectivity index (χ0) is 33.5. The molecule has 3 aromatic rings. The van der Waals surface area contributed by atoms with Crippen molar-refractivity contribution in [2.45, 2.75) is 65.7 Å². The normalized spacial score (nSPS) is 19.0. The van der Waals surface area contributed by atoms with Crippen molar-refractivity contribution in [3.63, 3.8) is 0 Å². The lowest BCUT2D eigenvalue weighted by Crippen LogP contribution is -2.45. The van der Waals surface area contributed by atoms with E-state index in [0.29, 0.717) is 52.0 Å². The predicted molar refractivity (Wildman–Crippen MR) is 187 cm³/mol. The molecule has 0 saturated carbocycles. The minimum Gasteiger partial charge on any atom is -0.482 e. The number of nitrogens with zero attached hydrogens (tertiary/aromatic N) is 1. The molecule has 1 amide bonds. The Morgan fingerprint density at radius 2 is 1.40 bits per heavy atom. The minimum atomic E-state index is -0.518. The summed E-state index contributed by atoms with van der Waals surface area (Å²) in [5.41, 5.74) is 5.49. The lowest BCUT2D eigenvalue weighted by atomic mass is 9.63. The lowest BCUT2D eigenvalue weighted by molar-refractivity contribution is -0.120. The highest BCUT2D eigenvalue weighted by molar-refractivity contribution is 6.33. The molecule has 1 heterocycles. The third-order valence-electron chi connectivity index (χ3n) is 9.28. The van der Waals surface area contributed by atoms with Gasteiger partial charge in [0.05, 0.1) is 15.7 Å². The van der Waals surface area contributed by atoms with E-state index in [1.165, 1.54) is 5.56 Å². The summed E-state index contributed by atoms with van der Waals surface area (Å²) in [6.07, 6.45) is 3.09. The zero-order valence-electron chi connectivity index (χ0n) is 27.3. The molecule has 47 heavy (non-hydrogen) atoms. The number of para-hydroxylation sites is 1. The van der Waals surface area contributed by atoms with Crippen molar-refractivity contribution in [2.75, 3.05) is 18.5 Å². The molecule has 1 aliphatic heterocycles. The first-order chi connectivity index (χ1) is 22.3. The molecule has 6 nitrogen and oxygen atoms in total. The molecule has 0 atom stereocenters. The average Bonchev–Trinajstić information content (AvgIpc) is 2.99. The molecule has 1 N–H and O–H groups in total. The van der Waals surface area contributed by atoms with Crippen LogP contribution in [0.4, 0.5) is 5.69 Å². The van der Waals surface area contributed by atoms with Crippen molar-refractivity contribution in [1.82, 2.24) is 4.90 Å². The molecule has 0 unspecified atom stereocenters. The second-order valence-electron chi connectivity index (χ2n) is 14.4. The molecule has 8 heteroatoms. The van der Waals surface area contributed by atoms with Gasteiger partial charge in [0.1, 0.15) is 5.75 Å². The highest BCUT2D eigenvalue weighted by atomic mass is 35.5. The third-order valence-corrected chi connectivity index (χ3v) is 9.91. The van der Waals surface area contributed by atoms with Crippen LogP contribution in [0.5, 0.6) is 5.75 Å². The van der Waals surface area contributed by atoms with Crippen molar-refractivity contribution in [3.05, 3.63) is 117 Å². The summed E-state index contributed by atoms with van der Waals surface area (Å²) in [6.45, 7) is 8.99. The summed E-state index contributed by atoms with van der Waals surface area (Å²) < 4.78 is 5.80. The fourth-order valence-corrected chi connectivity index (χ4v) is 7.67. The van der Waals surface area contributed by atoms with Gasteiger partial charge in [-0.05, 0) is 65.5 Å². The van der Waals surface area contributed by atoms with Crippen LogP contribution >= 0.6 is 23.2 Å². The molecule has 6 rings (SSSR count). The standard InChI is InChI=1S/C39H40Cl2N2O4/c1-38(2)19-29-36(31(44)21-38)35(25-14-15-33(27(41)18-25)47-23-34(46)42-28-13-9-8-12-26(28)40)37-30(20-39(3,4)22-32(37)45)43(29)17-16-24-10-6-5-7-11-24/h5-15,18,35H,16-17,19-23H2,1-4H3,(H,42,46). The number of amides is 1. The minimum absolute atomic E-state index is 0.0721. The van der Waals surface area contributed by atoms with Crippen molar-refractivity contribution in [2.24, 2.45) is 10.8 Å². The molecular formula is C39H40Cl2N2O4. The van der Waals surface area contributed by atoms with E-state index in [9.17, 15) is 14.4 Å². The number of anilines is 1. The molecule has 0 fully saturated rings. The second kappa shape index (κ2) is 13.0. The van der Waals surface area contributed by atoms with Crippen molar-refractivity contribution in [3.8, 4) is 5.75 Å². The molecule has 0 radical (unpaired) electrons. The first kappa shape index (κ1) is 33.0. The fraction of sp³-hybridized carbons (Fsp3) is 0.359. The number of carbonyl (C=O) groups excluding carboxylic acids is 3.